The van der Waals surface area contributed by atoms with Gasteiger partial charge < -0.3 is 15.2 Å². The highest BCUT2D eigenvalue weighted by molar-refractivity contribution is 7.20. The zero-order chi connectivity index (χ0) is 14.1. The van der Waals surface area contributed by atoms with Crippen molar-refractivity contribution in [2.45, 2.75) is 0 Å². The number of aromatic amines is 1. The van der Waals surface area contributed by atoms with Crippen molar-refractivity contribution in [3.05, 3.63) is 28.5 Å². The molecule has 20 heavy (non-hydrogen) atoms. The minimum Gasteiger partial charge on any atom is -0.449 e. The number of carbonyl (C=O) groups excluding carboxylic acids is 1. The number of carboxylic acid groups (broad SMARTS) is 1. The number of amides is 1. The highest BCUT2D eigenvalue weighted by atomic mass is 32.1. The van der Waals surface area contributed by atoms with E-state index < -0.39 is 6.16 Å². The van der Waals surface area contributed by atoms with Crippen LogP contribution in [0.4, 0.5) is 10.6 Å². The number of H-pyrrole nitrogens is 1. The zero-order valence-electron chi connectivity index (χ0n) is 9.75. The molecule has 0 saturated carbocycles. The van der Waals surface area contributed by atoms with E-state index in [0.717, 1.165) is 11.3 Å². The van der Waals surface area contributed by atoms with Gasteiger partial charge in [0.1, 0.15) is 5.82 Å². The van der Waals surface area contributed by atoms with Crippen LogP contribution in [0.15, 0.2) is 22.9 Å². The Balaban J connectivity index is 1.86. The quantitative estimate of drug-likeness (QED) is 0.645. The Kier molecular flexibility index (Phi) is 3.12. The van der Waals surface area contributed by atoms with Crippen molar-refractivity contribution in [2.75, 3.05) is 5.32 Å². The molecule has 9 heteroatoms. The van der Waals surface area contributed by atoms with Crippen LogP contribution in [0.2, 0.25) is 0 Å². The fraction of sp³-hybridized carbons (Fsp3) is 0. The fourth-order valence-electron chi connectivity index (χ4n) is 1.60. The van der Waals surface area contributed by atoms with Gasteiger partial charge in [0.15, 0.2) is 9.89 Å². The molecule has 0 saturated heterocycles. The Bertz CT molecular complexity index is 775. The number of nitrogens with one attached hydrogen (secondary N) is 2. The predicted molar refractivity (Wildman–Crippen MR) is 74.9 cm³/mol. The number of ether oxygens (including phenoxy) is 1. The van der Waals surface area contributed by atoms with E-state index in [0.29, 0.717) is 21.6 Å². The van der Waals surface area contributed by atoms with E-state index in [9.17, 15) is 9.59 Å². The van der Waals surface area contributed by atoms with E-state index in [-0.39, 0.29) is 11.0 Å². The Morgan fingerprint density at radius 2 is 2.30 bits per heavy atom. The van der Waals surface area contributed by atoms with Crippen molar-refractivity contribution in [3.63, 3.8) is 0 Å². The summed E-state index contributed by atoms with van der Waals surface area (Å²) in [5.74, 6) is 0.149. The smallest absolute Gasteiger partial charge is 0.449 e. The van der Waals surface area contributed by atoms with E-state index in [1.165, 1.54) is 17.4 Å². The molecule has 0 spiro atoms. The largest absolute Gasteiger partial charge is 0.512 e. The van der Waals surface area contributed by atoms with Gasteiger partial charge >= 0.3 is 6.16 Å². The van der Waals surface area contributed by atoms with Crippen LogP contribution in [0.25, 0.3) is 10.2 Å². The maximum Gasteiger partial charge on any atom is 0.512 e. The van der Waals surface area contributed by atoms with Gasteiger partial charge in [-0.1, -0.05) is 11.3 Å². The summed E-state index contributed by atoms with van der Waals surface area (Å²) in [7, 11) is 0. The molecule has 0 fully saturated rings. The minimum atomic E-state index is -1.39. The van der Waals surface area contributed by atoms with Gasteiger partial charge in [0.2, 0.25) is 0 Å². The molecule has 3 heterocycles. The maximum atomic E-state index is 11.9. The average molecular weight is 309 g/mol. The third-order valence-electron chi connectivity index (χ3n) is 2.44. The lowest BCUT2D eigenvalue weighted by Gasteiger charge is -1.99. The van der Waals surface area contributed by atoms with Crippen molar-refractivity contribution < 1.29 is 19.4 Å². The number of fused-ring (bicyclic) bond motifs is 1. The normalized spacial score (nSPS) is 10.6. The number of anilines is 1. The molecule has 0 radical (unpaired) electrons. The lowest BCUT2D eigenvalue weighted by molar-refractivity contribution is 0.102. The van der Waals surface area contributed by atoms with Gasteiger partial charge in [0.05, 0.1) is 10.9 Å². The monoisotopic (exact) mass is 309 g/mol. The summed E-state index contributed by atoms with van der Waals surface area (Å²) in [6.07, 6.45) is -1.39. The summed E-state index contributed by atoms with van der Waals surface area (Å²) >= 11 is 2.50. The van der Waals surface area contributed by atoms with Gasteiger partial charge in [-0.15, -0.1) is 0 Å². The first-order chi connectivity index (χ1) is 9.63. The molecule has 0 atom stereocenters. The van der Waals surface area contributed by atoms with E-state index >= 15 is 0 Å². The second kappa shape index (κ2) is 4.94. The van der Waals surface area contributed by atoms with Crippen molar-refractivity contribution in [2.24, 2.45) is 0 Å². The van der Waals surface area contributed by atoms with Crippen LogP contribution < -0.4 is 10.1 Å². The number of nitrogens with zero attached hydrogens (tertiary/aromatic N) is 1. The number of hydrogen-bond donors (Lipinski definition) is 3. The number of hydrogen-bond acceptors (Lipinski definition) is 6. The topological polar surface area (TPSA) is 104 Å². The van der Waals surface area contributed by atoms with Crippen molar-refractivity contribution in [3.8, 4) is 5.06 Å². The van der Waals surface area contributed by atoms with Crippen LogP contribution in [0.3, 0.4) is 0 Å². The summed E-state index contributed by atoms with van der Waals surface area (Å²) in [5, 5.41) is 22.3. The van der Waals surface area contributed by atoms with E-state index in [1.807, 2.05) is 0 Å². The van der Waals surface area contributed by atoms with Crippen molar-refractivity contribution in [1.82, 2.24) is 10.2 Å². The van der Waals surface area contributed by atoms with Crippen LogP contribution in [0.1, 0.15) is 10.4 Å². The second-order valence-corrected chi connectivity index (χ2v) is 5.49. The van der Waals surface area contributed by atoms with Gasteiger partial charge in [-0.2, -0.15) is 16.4 Å². The molecule has 0 bridgehead atoms. The molecule has 1 amide bonds. The first-order valence-corrected chi connectivity index (χ1v) is 7.11. The Labute approximate surface area is 119 Å². The first-order valence-electron chi connectivity index (χ1n) is 5.36. The predicted octanol–water partition coefficient (Wildman–Crippen LogP) is 3.00. The Hall–Kier alpha value is -2.39. The SMILES string of the molecule is O=C(O)Oc1cc2c(NC(=O)c3ccsc3)[nH]nc2s1. The number of thiophene rings is 2. The van der Waals surface area contributed by atoms with Gasteiger partial charge in [-0.05, 0) is 11.4 Å². The number of carbonyl (C=O) groups is 2. The van der Waals surface area contributed by atoms with Crippen molar-refractivity contribution >= 4 is 50.8 Å². The molecule has 0 aliphatic carbocycles. The van der Waals surface area contributed by atoms with E-state index in [2.05, 4.69) is 20.3 Å². The highest BCUT2D eigenvalue weighted by Gasteiger charge is 2.15. The summed E-state index contributed by atoms with van der Waals surface area (Å²) in [6, 6.07) is 3.22. The lowest BCUT2D eigenvalue weighted by Crippen LogP contribution is -2.11. The maximum absolute atomic E-state index is 11.9. The molecule has 0 aliphatic heterocycles. The lowest BCUT2D eigenvalue weighted by atomic mass is 10.3. The van der Waals surface area contributed by atoms with Crippen LogP contribution >= 0.6 is 22.7 Å². The molecular formula is C11H7N3O4S2. The molecule has 0 aromatic carbocycles. The molecule has 3 aromatic rings. The van der Waals surface area contributed by atoms with Gasteiger partial charge in [0.25, 0.3) is 5.91 Å². The van der Waals surface area contributed by atoms with Gasteiger partial charge in [-0.25, -0.2) is 4.79 Å². The fourth-order valence-corrected chi connectivity index (χ4v) is 3.08. The molecule has 102 valence electrons. The molecule has 0 unspecified atom stereocenters. The molecule has 3 aromatic heterocycles. The zero-order valence-corrected chi connectivity index (χ0v) is 11.4. The third-order valence-corrected chi connectivity index (χ3v) is 4.03. The summed E-state index contributed by atoms with van der Waals surface area (Å²) in [6.45, 7) is 0. The summed E-state index contributed by atoms with van der Waals surface area (Å²) in [5.41, 5.74) is 0.551. The summed E-state index contributed by atoms with van der Waals surface area (Å²) < 4.78 is 4.56. The van der Waals surface area contributed by atoms with Crippen molar-refractivity contribution in [1.29, 1.82) is 0 Å². The van der Waals surface area contributed by atoms with Gasteiger partial charge in [-0.3, -0.25) is 9.89 Å². The van der Waals surface area contributed by atoms with Crippen LogP contribution in [0.5, 0.6) is 5.06 Å². The van der Waals surface area contributed by atoms with E-state index in [4.69, 9.17) is 5.11 Å². The highest BCUT2D eigenvalue weighted by Crippen LogP contribution is 2.34. The Morgan fingerprint density at radius 3 is 3.00 bits per heavy atom. The Morgan fingerprint density at radius 1 is 1.45 bits per heavy atom. The first kappa shape index (κ1) is 12.6. The van der Waals surface area contributed by atoms with Crippen LogP contribution in [-0.2, 0) is 0 Å². The van der Waals surface area contributed by atoms with Gasteiger partial charge in [0, 0.05) is 11.4 Å². The number of aromatic nitrogens is 2. The summed E-state index contributed by atoms with van der Waals surface area (Å²) in [4.78, 5) is 23.0. The van der Waals surface area contributed by atoms with E-state index in [1.54, 1.807) is 16.8 Å². The molecular weight excluding hydrogens is 302 g/mol. The molecule has 3 rings (SSSR count). The number of rotatable bonds is 3. The van der Waals surface area contributed by atoms with Crippen LogP contribution in [0, 0.1) is 0 Å². The second-order valence-electron chi connectivity index (χ2n) is 3.72. The molecule has 0 aliphatic rings. The van der Waals surface area contributed by atoms with Crippen LogP contribution in [-0.4, -0.2) is 27.4 Å². The standard InChI is InChI=1S/C11H7N3O4S2/c15-9(5-1-2-19-4-5)12-8-6-3-7(18-11(16)17)20-10(6)14-13-8/h1-4H,(H,16,17)(H2,12,13,14,15). The molecule has 7 nitrogen and oxygen atoms in total. The third kappa shape index (κ3) is 2.36. The average Bonchev–Trinajstić information content (AvgIpc) is 3.06. The minimum absolute atomic E-state index is 0.204. The molecule has 3 N–H and O–H groups in total.